The van der Waals surface area contributed by atoms with Crippen LogP contribution in [0.5, 0.6) is 0 Å². The molecular weight excluding hydrogens is 366 g/mol. The number of aromatic amines is 1. The first kappa shape index (κ1) is 17.5. The first-order valence-corrected chi connectivity index (χ1v) is 9.68. The predicted octanol–water partition coefficient (Wildman–Crippen LogP) is 1.82. The van der Waals surface area contributed by atoms with Gasteiger partial charge < -0.3 is 0 Å². The van der Waals surface area contributed by atoms with E-state index < -0.39 is 0 Å². The molecule has 0 radical (unpaired) electrons. The molecule has 1 aliphatic rings. The summed E-state index contributed by atoms with van der Waals surface area (Å²) in [6, 6.07) is 17.9. The number of aryl methyl sites for hydroxylation is 2. The van der Waals surface area contributed by atoms with Crippen molar-refractivity contribution >= 4 is 22.8 Å². The summed E-state index contributed by atoms with van der Waals surface area (Å²) in [5, 5.41) is 0. The van der Waals surface area contributed by atoms with Crippen LogP contribution in [0.4, 0.5) is 11.6 Å². The lowest BCUT2D eigenvalue weighted by molar-refractivity contribution is -0.644. The second-order valence-corrected chi connectivity index (χ2v) is 7.50. The Morgan fingerprint density at radius 3 is 2.48 bits per heavy atom. The van der Waals surface area contributed by atoms with Crippen LogP contribution in [0.2, 0.25) is 0 Å². The average Bonchev–Trinajstić information content (AvgIpc) is 3.31. The van der Waals surface area contributed by atoms with Crippen LogP contribution in [0.25, 0.3) is 11.2 Å². The van der Waals surface area contributed by atoms with Crippen molar-refractivity contribution in [1.82, 2.24) is 14.1 Å². The minimum absolute atomic E-state index is 0.255. The van der Waals surface area contributed by atoms with Gasteiger partial charge in [0.2, 0.25) is 11.2 Å². The number of hydrogen-bond donors (Lipinski definition) is 1. The van der Waals surface area contributed by atoms with E-state index in [1.54, 1.807) is 7.05 Å². The predicted molar refractivity (Wildman–Crippen MR) is 112 cm³/mol. The molecule has 0 unspecified atom stereocenters. The fraction of sp³-hybridized carbons (Fsp3) is 0.227. The van der Waals surface area contributed by atoms with E-state index in [2.05, 4.69) is 9.88 Å². The van der Waals surface area contributed by atoms with Gasteiger partial charge in [0.1, 0.15) is 18.8 Å². The highest BCUT2D eigenvalue weighted by molar-refractivity contribution is 5.70. The summed E-state index contributed by atoms with van der Waals surface area (Å²) in [5.74, 6) is 0.825. The van der Waals surface area contributed by atoms with E-state index in [4.69, 9.17) is 0 Å². The van der Waals surface area contributed by atoms with E-state index in [1.165, 1.54) is 9.13 Å². The zero-order valence-electron chi connectivity index (χ0n) is 16.4. The third-order valence-electron chi connectivity index (χ3n) is 5.61. The normalized spacial score (nSPS) is 13.2. The first-order chi connectivity index (χ1) is 14.0. The molecule has 0 fully saturated rings. The molecule has 29 heavy (non-hydrogen) atoms. The van der Waals surface area contributed by atoms with Crippen LogP contribution in [-0.2, 0) is 20.1 Å². The van der Waals surface area contributed by atoms with E-state index in [9.17, 15) is 9.59 Å². The third-order valence-corrected chi connectivity index (χ3v) is 5.61. The third kappa shape index (κ3) is 2.69. The van der Waals surface area contributed by atoms with E-state index >= 15 is 0 Å². The largest absolute Gasteiger partial charge is 0.364 e. The van der Waals surface area contributed by atoms with Crippen LogP contribution < -0.4 is 20.7 Å². The Bertz CT molecular complexity index is 1330. The highest BCUT2D eigenvalue weighted by Gasteiger charge is 2.35. The molecule has 4 aromatic rings. The minimum atomic E-state index is -0.324. The van der Waals surface area contributed by atoms with Gasteiger partial charge in [-0.2, -0.15) is 0 Å². The first-order valence-electron chi connectivity index (χ1n) is 9.68. The second-order valence-electron chi connectivity index (χ2n) is 7.50. The highest BCUT2D eigenvalue weighted by Crippen LogP contribution is 2.25. The lowest BCUT2D eigenvalue weighted by Gasteiger charge is -2.09. The Labute approximate surface area is 167 Å². The Kier molecular flexibility index (Phi) is 3.91. The molecule has 1 N–H and O–H groups in total. The van der Waals surface area contributed by atoms with Crippen molar-refractivity contribution in [2.24, 2.45) is 7.05 Å². The maximum atomic E-state index is 13.3. The SMILES string of the molecule is Cc1ccc(Cn2c(=O)c3c([nH]c4[n+]3CCN4c3ccccc3)n(C)c2=O)cc1. The summed E-state index contributed by atoms with van der Waals surface area (Å²) in [7, 11) is 1.70. The minimum Gasteiger partial charge on any atom is -0.267 e. The van der Waals surface area contributed by atoms with E-state index in [0.29, 0.717) is 17.7 Å². The lowest BCUT2D eigenvalue weighted by atomic mass is 10.1. The van der Waals surface area contributed by atoms with Crippen molar-refractivity contribution in [1.29, 1.82) is 0 Å². The molecule has 2 aromatic heterocycles. The fourth-order valence-electron chi connectivity index (χ4n) is 4.03. The Morgan fingerprint density at radius 2 is 1.76 bits per heavy atom. The average molecular weight is 388 g/mol. The van der Waals surface area contributed by atoms with Crippen molar-refractivity contribution in [3.8, 4) is 0 Å². The van der Waals surface area contributed by atoms with Crippen molar-refractivity contribution in [3.05, 3.63) is 86.6 Å². The zero-order chi connectivity index (χ0) is 20.1. The van der Waals surface area contributed by atoms with Gasteiger partial charge in [0.05, 0.1) is 6.54 Å². The van der Waals surface area contributed by atoms with Gasteiger partial charge in [-0.05, 0) is 24.6 Å². The molecule has 5 rings (SSSR count). The molecule has 0 saturated carbocycles. The highest BCUT2D eigenvalue weighted by atomic mass is 16.2. The van der Waals surface area contributed by atoms with Crippen molar-refractivity contribution in [2.75, 3.05) is 11.4 Å². The van der Waals surface area contributed by atoms with Gasteiger partial charge >= 0.3 is 11.6 Å². The zero-order valence-corrected chi connectivity index (χ0v) is 16.4. The number of nitrogens with one attached hydrogen (secondary N) is 1. The lowest BCUT2D eigenvalue weighted by Crippen LogP contribution is -2.44. The molecule has 0 spiro atoms. The topological polar surface area (TPSA) is 66.9 Å². The van der Waals surface area contributed by atoms with E-state index in [1.807, 2.05) is 66.1 Å². The van der Waals surface area contributed by atoms with E-state index in [0.717, 1.165) is 29.3 Å². The molecular formula is C22H22N5O2+. The number of H-pyrrole nitrogens is 1. The smallest absolute Gasteiger partial charge is 0.267 e. The Morgan fingerprint density at radius 1 is 1.03 bits per heavy atom. The van der Waals surface area contributed by atoms with Gasteiger partial charge in [-0.15, -0.1) is 0 Å². The van der Waals surface area contributed by atoms with Crippen LogP contribution in [0, 0.1) is 6.92 Å². The van der Waals surface area contributed by atoms with Crippen LogP contribution >= 0.6 is 0 Å². The molecule has 2 aromatic carbocycles. The number of benzene rings is 2. The number of hydrogen-bond acceptors (Lipinski definition) is 3. The van der Waals surface area contributed by atoms with Gasteiger partial charge in [0.15, 0.2) is 0 Å². The summed E-state index contributed by atoms with van der Waals surface area (Å²) < 4.78 is 4.83. The molecule has 0 aliphatic carbocycles. The van der Waals surface area contributed by atoms with E-state index in [-0.39, 0.29) is 17.8 Å². The van der Waals surface area contributed by atoms with Crippen molar-refractivity contribution in [2.45, 2.75) is 20.0 Å². The van der Waals surface area contributed by atoms with Crippen LogP contribution in [-0.4, -0.2) is 20.7 Å². The summed E-state index contributed by atoms with van der Waals surface area (Å²) in [5.41, 5.74) is 3.62. The summed E-state index contributed by atoms with van der Waals surface area (Å²) in [6.07, 6.45) is 0. The Balaban J connectivity index is 1.68. The number of fused-ring (bicyclic) bond motifs is 3. The molecule has 0 amide bonds. The maximum absolute atomic E-state index is 13.3. The summed E-state index contributed by atoms with van der Waals surface area (Å²) in [6.45, 7) is 3.72. The van der Waals surface area contributed by atoms with Crippen LogP contribution in [0.15, 0.2) is 64.2 Å². The summed E-state index contributed by atoms with van der Waals surface area (Å²) >= 11 is 0. The second kappa shape index (κ2) is 6.48. The number of anilines is 2. The number of imidazole rings is 1. The monoisotopic (exact) mass is 388 g/mol. The number of rotatable bonds is 3. The molecule has 146 valence electrons. The molecule has 7 nitrogen and oxygen atoms in total. The van der Waals surface area contributed by atoms with Crippen LogP contribution in [0.1, 0.15) is 11.1 Å². The van der Waals surface area contributed by atoms with Crippen molar-refractivity contribution < 1.29 is 4.57 Å². The Hall–Kier alpha value is -3.61. The molecule has 1 aliphatic heterocycles. The summed E-state index contributed by atoms with van der Waals surface area (Å²) in [4.78, 5) is 31.7. The molecule has 7 heteroatoms. The van der Waals surface area contributed by atoms with Gasteiger partial charge in [-0.25, -0.2) is 19.2 Å². The fourth-order valence-corrected chi connectivity index (χ4v) is 4.03. The van der Waals surface area contributed by atoms with Gasteiger partial charge in [0.25, 0.3) is 5.56 Å². The van der Waals surface area contributed by atoms with Crippen LogP contribution in [0.3, 0.4) is 0 Å². The van der Waals surface area contributed by atoms with Gasteiger partial charge in [-0.1, -0.05) is 48.0 Å². The van der Waals surface area contributed by atoms with Crippen molar-refractivity contribution in [3.63, 3.8) is 0 Å². The number of aromatic nitrogens is 4. The maximum Gasteiger partial charge on any atom is 0.364 e. The number of para-hydroxylation sites is 1. The number of nitrogens with zero attached hydrogens (tertiary/aromatic N) is 4. The molecule has 3 heterocycles. The quantitative estimate of drug-likeness (QED) is 0.545. The molecule has 0 atom stereocenters. The van der Waals surface area contributed by atoms with Gasteiger partial charge in [-0.3, -0.25) is 13.9 Å². The van der Waals surface area contributed by atoms with Gasteiger partial charge in [0, 0.05) is 7.05 Å². The standard InChI is InChI=1S/C22H21N5O2/c1-15-8-10-16(11-9-15)14-27-20(28)18-19(24(2)22(27)29)23-21-25(12-13-26(18)21)17-6-4-3-5-7-17/h3-11H,12-14H2,1-2H3/p+1. The molecule has 0 bridgehead atoms. The molecule has 0 saturated heterocycles.